The van der Waals surface area contributed by atoms with E-state index in [1.807, 2.05) is 16.7 Å². The number of methoxy groups -OCH3 is 1. The maximum atomic E-state index is 14.1. The van der Waals surface area contributed by atoms with Crippen LogP contribution >= 0.6 is 0 Å². The van der Waals surface area contributed by atoms with Crippen LogP contribution in [0.2, 0.25) is 0 Å². The Morgan fingerprint density at radius 3 is 2.68 bits per heavy atom. The molecule has 0 radical (unpaired) electrons. The summed E-state index contributed by atoms with van der Waals surface area (Å²) in [6.45, 7) is 3.72. The van der Waals surface area contributed by atoms with Gasteiger partial charge in [-0.25, -0.2) is 13.6 Å². The summed E-state index contributed by atoms with van der Waals surface area (Å²) in [6, 6.07) is 7.38. The van der Waals surface area contributed by atoms with E-state index in [0.29, 0.717) is 42.1 Å². The summed E-state index contributed by atoms with van der Waals surface area (Å²) < 4.78 is 37.9. The van der Waals surface area contributed by atoms with Crippen LogP contribution in [0.15, 0.2) is 39.5 Å². The molecule has 164 valence electrons. The van der Waals surface area contributed by atoms with Crippen molar-refractivity contribution in [3.8, 4) is 5.75 Å². The van der Waals surface area contributed by atoms with Gasteiger partial charge in [-0.2, -0.15) is 0 Å². The number of hydrogen-bond donors (Lipinski definition) is 2. The molecule has 2 aromatic carbocycles. The normalized spacial score (nSPS) is 17.2. The van der Waals surface area contributed by atoms with Gasteiger partial charge in [0.15, 0.2) is 23.0 Å². The van der Waals surface area contributed by atoms with Crippen molar-refractivity contribution in [1.29, 1.82) is 0 Å². The number of halogens is 2. The van der Waals surface area contributed by atoms with Gasteiger partial charge in [-0.15, -0.1) is 0 Å². The van der Waals surface area contributed by atoms with Crippen molar-refractivity contribution >= 4 is 28.4 Å². The van der Waals surface area contributed by atoms with Crippen LogP contribution in [-0.2, 0) is 4.79 Å². The van der Waals surface area contributed by atoms with Crippen LogP contribution in [0.3, 0.4) is 0 Å². The van der Waals surface area contributed by atoms with Gasteiger partial charge >= 0.3 is 5.76 Å². The molecule has 1 atom stereocenters. The number of H-pyrrole nitrogens is 1. The molecule has 0 aliphatic carbocycles. The summed E-state index contributed by atoms with van der Waals surface area (Å²) in [5.74, 6) is -2.66. The minimum Gasteiger partial charge on any atom is -0.491 e. The molecule has 1 fully saturated rings. The Morgan fingerprint density at radius 2 is 2.00 bits per heavy atom. The fraction of sp³-hybridized carbons (Fsp3) is 0.333. The number of ether oxygens (including phenoxy) is 1. The number of carbonyl (C=O) groups excluding carboxylic acids is 1. The van der Waals surface area contributed by atoms with Gasteiger partial charge in [0.2, 0.25) is 5.91 Å². The number of nitrogens with zero attached hydrogens (tertiary/aromatic N) is 2. The molecule has 8 nitrogen and oxygen atoms in total. The van der Waals surface area contributed by atoms with Gasteiger partial charge in [0.25, 0.3) is 0 Å². The minimum absolute atomic E-state index is 0.0563. The Labute approximate surface area is 176 Å². The standard InChI is InChI=1S/C21H22F2N4O4/c1-12-10-26(5-6-27(12)14-8-15(22)20(30-2)16(23)9-14)11-19(28)24-13-3-4-17-18(7-13)31-21(29)25-17/h3-4,7-9,12H,5-6,10-11H2,1-2H3,(H,24,28)(H,25,29)/t12-/m1/s1. The van der Waals surface area contributed by atoms with E-state index in [0.717, 1.165) is 0 Å². The lowest BCUT2D eigenvalue weighted by Crippen LogP contribution is -2.53. The second kappa shape index (κ2) is 8.38. The molecular formula is C21H22F2N4O4. The van der Waals surface area contributed by atoms with E-state index >= 15 is 0 Å². The van der Waals surface area contributed by atoms with Crippen molar-refractivity contribution in [2.24, 2.45) is 0 Å². The molecular weight excluding hydrogens is 410 g/mol. The number of piperazine rings is 1. The van der Waals surface area contributed by atoms with E-state index < -0.39 is 23.1 Å². The number of aromatic nitrogens is 1. The average Bonchev–Trinajstić information content (AvgIpc) is 3.07. The number of rotatable bonds is 5. The minimum atomic E-state index is -0.748. The van der Waals surface area contributed by atoms with Gasteiger partial charge in [-0.3, -0.25) is 14.7 Å². The number of benzene rings is 2. The quantitative estimate of drug-likeness (QED) is 0.644. The van der Waals surface area contributed by atoms with E-state index in [-0.39, 0.29) is 18.5 Å². The van der Waals surface area contributed by atoms with Crippen molar-refractivity contribution in [2.75, 3.05) is 43.5 Å². The zero-order valence-corrected chi connectivity index (χ0v) is 17.1. The molecule has 4 rings (SSSR count). The highest BCUT2D eigenvalue weighted by molar-refractivity contribution is 5.94. The molecule has 1 amide bonds. The second-order valence-corrected chi connectivity index (χ2v) is 7.49. The third-order valence-electron chi connectivity index (χ3n) is 5.30. The first-order valence-electron chi connectivity index (χ1n) is 9.79. The third kappa shape index (κ3) is 4.38. The summed E-state index contributed by atoms with van der Waals surface area (Å²) >= 11 is 0. The van der Waals surface area contributed by atoms with Crippen LogP contribution in [0.1, 0.15) is 6.92 Å². The molecule has 3 aromatic rings. The van der Waals surface area contributed by atoms with Gasteiger partial charge in [-0.05, 0) is 19.1 Å². The summed E-state index contributed by atoms with van der Waals surface area (Å²) in [5.41, 5.74) is 1.88. The van der Waals surface area contributed by atoms with Gasteiger partial charge in [0.1, 0.15) is 0 Å². The Bertz CT molecular complexity index is 1150. The number of fused-ring (bicyclic) bond motifs is 1. The molecule has 2 heterocycles. The maximum Gasteiger partial charge on any atom is 0.417 e. The molecule has 1 aromatic heterocycles. The average molecular weight is 432 g/mol. The first-order chi connectivity index (χ1) is 14.8. The van der Waals surface area contributed by atoms with Crippen LogP contribution in [-0.4, -0.2) is 55.1 Å². The van der Waals surface area contributed by atoms with Crippen molar-refractivity contribution in [3.63, 3.8) is 0 Å². The zero-order chi connectivity index (χ0) is 22.1. The fourth-order valence-electron chi connectivity index (χ4n) is 3.89. The Balaban J connectivity index is 1.37. The molecule has 31 heavy (non-hydrogen) atoms. The van der Waals surface area contributed by atoms with Crippen LogP contribution < -0.4 is 20.7 Å². The molecule has 1 saturated heterocycles. The topological polar surface area (TPSA) is 90.8 Å². The van der Waals surface area contributed by atoms with Crippen LogP contribution in [0.5, 0.6) is 5.75 Å². The number of hydrogen-bond acceptors (Lipinski definition) is 6. The first-order valence-corrected chi connectivity index (χ1v) is 9.79. The van der Waals surface area contributed by atoms with E-state index in [9.17, 15) is 18.4 Å². The van der Waals surface area contributed by atoms with Gasteiger partial charge in [0.05, 0.1) is 19.2 Å². The van der Waals surface area contributed by atoms with Crippen LogP contribution in [0.4, 0.5) is 20.2 Å². The number of amides is 1. The Kier molecular flexibility index (Phi) is 5.64. The molecule has 0 bridgehead atoms. The van der Waals surface area contributed by atoms with E-state index in [1.165, 1.54) is 19.2 Å². The second-order valence-electron chi connectivity index (χ2n) is 7.49. The van der Waals surface area contributed by atoms with E-state index in [4.69, 9.17) is 9.15 Å². The SMILES string of the molecule is COc1c(F)cc(N2CCN(CC(=O)Nc3ccc4[nH]c(=O)oc4c3)C[C@H]2C)cc1F. The largest absolute Gasteiger partial charge is 0.491 e. The van der Waals surface area contributed by atoms with E-state index in [1.54, 1.807) is 18.2 Å². The van der Waals surface area contributed by atoms with Crippen molar-refractivity contribution in [3.05, 3.63) is 52.5 Å². The zero-order valence-electron chi connectivity index (χ0n) is 17.1. The highest BCUT2D eigenvalue weighted by Crippen LogP contribution is 2.29. The predicted molar refractivity (Wildman–Crippen MR) is 112 cm³/mol. The van der Waals surface area contributed by atoms with Gasteiger partial charge in [0, 0.05) is 55.2 Å². The summed E-state index contributed by atoms with van der Waals surface area (Å²) in [7, 11) is 1.22. The van der Waals surface area contributed by atoms with E-state index in [2.05, 4.69) is 10.3 Å². The summed E-state index contributed by atoms with van der Waals surface area (Å²) in [5, 5.41) is 2.79. The molecule has 0 unspecified atom stereocenters. The fourth-order valence-corrected chi connectivity index (χ4v) is 3.89. The Hall–Kier alpha value is -3.40. The number of carbonyl (C=O) groups is 1. The highest BCUT2D eigenvalue weighted by atomic mass is 19.1. The third-order valence-corrected chi connectivity index (χ3v) is 5.30. The molecule has 10 heteroatoms. The van der Waals surface area contributed by atoms with Gasteiger partial charge in [-0.1, -0.05) is 0 Å². The number of oxazole rings is 1. The molecule has 0 spiro atoms. The highest BCUT2D eigenvalue weighted by Gasteiger charge is 2.27. The van der Waals surface area contributed by atoms with Crippen LogP contribution in [0, 0.1) is 11.6 Å². The van der Waals surface area contributed by atoms with Crippen molar-refractivity contribution < 1.29 is 22.7 Å². The predicted octanol–water partition coefficient (Wildman–Crippen LogP) is 2.56. The van der Waals surface area contributed by atoms with Crippen LogP contribution in [0.25, 0.3) is 11.1 Å². The number of anilines is 2. The van der Waals surface area contributed by atoms with Crippen molar-refractivity contribution in [2.45, 2.75) is 13.0 Å². The first kappa shape index (κ1) is 20.9. The Morgan fingerprint density at radius 1 is 1.26 bits per heavy atom. The van der Waals surface area contributed by atoms with Crippen molar-refractivity contribution in [1.82, 2.24) is 9.88 Å². The molecule has 1 aliphatic heterocycles. The smallest absolute Gasteiger partial charge is 0.417 e. The number of aromatic amines is 1. The summed E-state index contributed by atoms with van der Waals surface area (Å²) in [6.07, 6.45) is 0. The maximum absolute atomic E-state index is 14.1. The lowest BCUT2D eigenvalue weighted by molar-refractivity contribution is -0.117. The lowest BCUT2D eigenvalue weighted by atomic mass is 10.1. The monoisotopic (exact) mass is 432 g/mol. The summed E-state index contributed by atoms with van der Waals surface area (Å²) in [4.78, 5) is 30.1. The molecule has 1 aliphatic rings. The number of nitrogens with one attached hydrogen (secondary N) is 2. The molecule has 2 N–H and O–H groups in total. The molecule has 0 saturated carbocycles. The van der Waals surface area contributed by atoms with Gasteiger partial charge < -0.3 is 19.4 Å². The lowest BCUT2D eigenvalue weighted by Gasteiger charge is -2.41.